The number of ether oxygens (including phenoxy) is 1. The fourth-order valence-electron chi connectivity index (χ4n) is 6.02. The summed E-state index contributed by atoms with van der Waals surface area (Å²) in [5, 5.41) is 3.21. The van der Waals surface area contributed by atoms with Crippen LogP contribution in [0.4, 0.5) is 15.9 Å². The fourth-order valence-corrected chi connectivity index (χ4v) is 6.02. The second kappa shape index (κ2) is 11.6. The van der Waals surface area contributed by atoms with Gasteiger partial charge in [-0.05, 0) is 66.9 Å². The third-order valence-electron chi connectivity index (χ3n) is 8.40. The van der Waals surface area contributed by atoms with E-state index in [9.17, 15) is 14.0 Å². The Bertz CT molecular complexity index is 2080. The van der Waals surface area contributed by atoms with Crippen molar-refractivity contribution in [2.24, 2.45) is 0 Å². The smallest absolute Gasteiger partial charge is 0.271 e. The minimum absolute atomic E-state index is 0.116. The number of nitrogens with two attached hydrogens (primary N) is 1. The van der Waals surface area contributed by atoms with Crippen molar-refractivity contribution in [1.82, 2.24) is 24.4 Å². The number of benzene rings is 1. The van der Waals surface area contributed by atoms with Gasteiger partial charge in [0.05, 0.1) is 35.7 Å². The standard InChI is InChI=1S/C34H30FN7O3/c1-45-33-30(31(43)32(33)44)40-23-10-13-41(14-11-23)19-20-4-7-24(8-5-20)42-28(25-3-2-12-37-34(25)36)16-27-29(42)15-21(17-38-27)26-9-6-22(35)18-39-26/h2-9,12,15-18,23,40H,10-11,13-14,19H2,1H3,(H2,36,37). The Hall–Kier alpha value is -5.42. The number of nitrogens with one attached hydrogen (secondary N) is 1. The number of pyridine rings is 3. The second-order valence-electron chi connectivity index (χ2n) is 11.2. The SMILES string of the molecule is COc1c(NC2CCN(Cc3ccc(-n4c(-c5cccnc5N)cc5ncc(-c6ccc(F)cn6)cc54)cc3)CC2)c(=O)c1=O. The van der Waals surface area contributed by atoms with Crippen LogP contribution in [-0.4, -0.2) is 50.7 Å². The fraction of sp³-hybridized carbons (Fsp3) is 0.206. The molecule has 0 unspecified atom stereocenters. The number of anilines is 2. The summed E-state index contributed by atoms with van der Waals surface area (Å²) in [6.07, 6.45) is 6.30. The molecular weight excluding hydrogens is 573 g/mol. The molecule has 0 saturated carbocycles. The van der Waals surface area contributed by atoms with E-state index in [0.717, 1.165) is 66.0 Å². The van der Waals surface area contributed by atoms with E-state index >= 15 is 0 Å². The van der Waals surface area contributed by atoms with Crippen LogP contribution in [0.1, 0.15) is 18.4 Å². The average Bonchev–Trinajstić information content (AvgIpc) is 3.44. The molecule has 1 fully saturated rings. The Morgan fingerprint density at radius 2 is 1.78 bits per heavy atom. The summed E-state index contributed by atoms with van der Waals surface area (Å²) >= 11 is 0. The number of piperidine rings is 1. The molecule has 45 heavy (non-hydrogen) atoms. The number of fused-ring (bicyclic) bond motifs is 1. The van der Waals surface area contributed by atoms with Crippen LogP contribution in [0.3, 0.4) is 0 Å². The largest absolute Gasteiger partial charge is 0.491 e. The van der Waals surface area contributed by atoms with Gasteiger partial charge in [0.25, 0.3) is 10.9 Å². The van der Waals surface area contributed by atoms with Gasteiger partial charge in [0.2, 0.25) is 0 Å². The van der Waals surface area contributed by atoms with E-state index in [2.05, 4.69) is 49.0 Å². The zero-order chi connectivity index (χ0) is 31.1. The summed E-state index contributed by atoms with van der Waals surface area (Å²) in [5.41, 5.74) is 12.3. The summed E-state index contributed by atoms with van der Waals surface area (Å²) in [5.74, 6) is 0.152. The Labute approximate surface area is 257 Å². The summed E-state index contributed by atoms with van der Waals surface area (Å²) < 4.78 is 20.7. The molecule has 0 amide bonds. The lowest BCUT2D eigenvalue weighted by Crippen LogP contribution is -2.42. The number of nitrogens with zero attached hydrogens (tertiary/aromatic N) is 5. The molecule has 0 aliphatic carbocycles. The van der Waals surface area contributed by atoms with E-state index in [0.29, 0.717) is 17.2 Å². The highest BCUT2D eigenvalue weighted by Gasteiger charge is 2.26. The van der Waals surface area contributed by atoms with Crippen molar-refractivity contribution in [1.29, 1.82) is 0 Å². The number of hydrogen-bond acceptors (Lipinski definition) is 9. The lowest BCUT2D eigenvalue weighted by atomic mass is 10.0. The third kappa shape index (κ3) is 5.31. The lowest BCUT2D eigenvalue weighted by Gasteiger charge is -2.33. The van der Waals surface area contributed by atoms with Gasteiger partial charge in [-0.15, -0.1) is 0 Å². The molecule has 5 heterocycles. The number of rotatable bonds is 8. The molecule has 0 bridgehead atoms. The van der Waals surface area contributed by atoms with Crippen LogP contribution in [0.5, 0.6) is 5.75 Å². The molecule has 2 aromatic carbocycles. The molecule has 0 radical (unpaired) electrons. The Balaban J connectivity index is 1.14. The van der Waals surface area contributed by atoms with Crippen molar-refractivity contribution >= 4 is 22.5 Å². The van der Waals surface area contributed by atoms with Gasteiger partial charge in [0.1, 0.15) is 17.3 Å². The molecule has 1 aliphatic rings. The molecule has 1 aliphatic heterocycles. The molecule has 0 atom stereocenters. The highest BCUT2D eigenvalue weighted by molar-refractivity contribution is 5.90. The predicted octanol–water partition coefficient (Wildman–Crippen LogP) is 4.55. The summed E-state index contributed by atoms with van der Waals surface area (Å²) in [7, 11) is 1.41. The second-order valence-corrected chi connectivity index (χ2v) is 11.2. The van der Waals surface area contributed by atoms with E-state index in [4.69, 9.17) is 15.5 Å². The average molecular weight is 604 g/mol. The van der Waals surface area contributed by atoms with Gasteiger partial charge in [-0.2, -0.15) is 0 Å². The first-order valence-electron chi connectivity index (χ1n) is 14.7. The molecule has 1 saturated heterocycles. The van der Waals surface area contributed by atoms with E-state index < -0.39 is 16.7 Å². The van der Waals surface area contributed by atoms with Crippen LogP contribution in [0, 0.1) is 5.82 Å². The summed E-state index contributed by atoms with van der Waals surface area (Å²) in [4.78, 5) is 39.2. The highest BCUT2D eigenvalue weighted by Crippen LogP contribution is 2.35. The minimum atomic E-state index is -0.564. The number of likely N-dealkylation sites (tertiary alicyclic amines) is 1. The van der Waals surface area contributed by atoms with Crippen LogP contribution in [-0.2, 0) is 6.54 Å². The number of aromatic nitrogens is 4. The van der Waals surface area contributed by atoms with Crippen LogP contribution in [0.2, 0.25) is 0 Å². The van der Waals surface area contributed by atoms with Gasteiger partial charge in [0, 0.05) is 54.9 Å². The first-order chi connectivity index (χ1) is 21.9. The molecule has 0 spiro atoms. The molecule has 226 valence electrons. The van der Waals surface area contributed by atoms with Crippen molar-refractivity contribution in [3.05, 3.63) is 111 Å². The first-order valence-corrected chi connectivity index (χ1v) is 14.7. The maximum atomic E-state index is 13.5. The van der Waals surface area contributed by atoms with Crippen molar-refractivity contribution in [2.45, 2.75) is 25.4 Å². The molecule has 7 rings (SSSR count). The molecule has 11 heteroatoms. The monoisotopic (exact) mass is 603 g/mol. The minimum Gasteiger partial charge on any atom is -0.491 e. The maximum Gasteiger partial charge on any atom is 0.271 e. The molecule has 4 aromatic heterocycles. The number of methoxy groups -OCH3 is 1. The topological polar surface area (TPSA) is 128 Å². The van der Waals surface area contributed by atoms with Crippen molar-refractivity contribution in [2.75, 3.05) is 31.2 Å². The maximum absolute atomic E-state index is 13.5. The van der Waals surface area contributed by atoms with Gasteiger partial charge in [-0.1, -0.05) is 12.1 Å². The zero-order valence-electron chi connectivity index (χ0n) is 24.5. The van der Waals surface area contributed by atoms with Gasteiger partial charge in [-0.3, -0.25) is 24.5 Å². The van der Waals surface area contributed by atoms with Crippen molar-refractivity contribution in [3.63, 3.8) is 0 Å². The number of hydrogen-bond donors (Lipinski definition) is 2. The van der Waals surface area contributed by atoms with E-state index in [1.807, 2.05) is 24.3 Å². The van der Waals surface area contributed by atoms with Gasteiger partial charge < -0.3 is 20.4 Å². The Morgan fingerprint density at radius 3 is 2.49 bits per heavy atom. The van der Waals surface area contributed by atoms with E-state index in [-0.39, 0.29) is 11.8 Å². The van der Waals surface area contributed by atoms with Gasteiger partial charge in [-0.25, -0.2) is 9.37 Å². The number of halogens is 1. The van der Waals surface area contributed by atoms with Crippen molar-refractivity contribution in [3.8, 4) is 34.0 Å². The highest BCUT2D eigenvalue weighted by atomic mass is 19.1. The van der Waals surface area contributed by atoms with Crippen LogP contribution >= 0.6 is 0 Å². The third-order valence-corrected chi connectivity index (χ3v) is 8.40. The Kier molecular flexibility index (Phi) is 7.30. The normalized spacial score (nSPS) is 14.3. The van der Waals surface area contributed by atoms with Crippen molar-refractivity contribution < 1.29 is 9.13 Å². The zero-order valence-corrected chi connectivity index (χ0v) is 24.5. The summed E-state index contributed by atoms with van der Waals surface area (Å²) in [6.45, 7) is 2.50. The van der Waals surface area contributed by atoms with E-state index in [1.165, 1.54) is 24.9 Å². The molecule has 10 nitrogen and oxygen atoms in total. The predicted molar refractivity (Wildman–Crippen MR) is 172 cm³/mol. The van der Waals surface area contributed by atoms with E-state index in [1.54, 1.807) is 18.5 Å². The Morgan fingerprint density at radius 1 is 0.978 bits per heavy atom. The van der Waals surface area contributed by atoms with Crippen LogP contribution in [0.15, 0.2) is 88.8 Å². The number of nitrogen functional groups attached to an aromatic ring is 1. The van der Waals surface area contributed by atoms with Crippen LogP contribution < -0.4 is 26.6 Å². The lowest BCUT2D eigenvalue weighted by molar-refractivity contribution is 0.211. The molecule has 3 N–H and O–H groups in total. The summed E-state index contributed by atoms with van der Waals surface area (Å²) in [6, 6.07) is 19.3. The van der Waals surface area contributed by atoms with Crippen LogP contribution in [0.25, 0.3) is 39.2 Å². The van der Waals surface area contributed by atoms with Gasteiger partial charge >= 0.3 is 0 Å². The molecular formula is C34H30FN7O3. The quantitative estimate of drug-likeness (QED) is 0.241. The molecule has 6 aromatic rings. The van der Waals surface area contributed by atoms with Gasteiger partial charge in [0.15, 0.2) is 5.75 Å². The first kappa shape index (κ1) is 28.4.